The third kappa shape index (κ3) is 2.66. The molecule has 1 saturated heterocycles. The molecule has 3 heteroatoms. The second kappa shape index (κ2) is 5.24. The number of hydrogen-bond acceptors (Lipinski definition) is 2. The van der Waals surface area contributed by atoms with Crippen molar-refractivity contribution in [1.82, 2.24) is 10.2 Å². The molecule has 17 heavy (non-hydrogen) atoms. The summed E-state index contributed by atoms with van der Waals surface area (Å²) in [6.07, 6.45) is 2.83. The van der Waals surface area contributed by atoms with Gasteiger partial charge in [0.2, 0.25) is 0 Å². The number of nitrogens with one attached hydrogen (secondary N) is 1. The lowest BCUT2D eigenvalue weighted by molar-refractivity contribution is 0.155. The minimum atomic E-state index is 0.671. The van der Waals surface area contributed by atoms with Crippen molar-refractivity contribution in [3.05, 3.63) is 33.4 Å². The Bertz CT molecular complexity index is 384. The van der Waals surface area contributed by atoms with Gasteiger partial charge in [0, 0.05) is 35.8 Å². The van der Waals surface area contributed by atoms with E-state index in [0.717, 1.165) is 19.0 Å². The molecule has 1 aromatic rings. The first-order valence-corrected chi connectivity index (χ1v) is 7.63. The van der Waals surface area contributed by atoms with Crippen LogP contribution in [0.1, 0.15) is 24.4 Å². The zero-order chi connectivity index (χ0) is 11.7. The van der Waals surface area contributed by atoms with Gasteiger partial charge in [0.05, 0.1) is 0 Å². The molecule has 1 aliphatic carbocycles. The van der Waals surface area contributed by atoms with Gasteiger partial charge in [-0.25, -0.2) is 0 Å². The summed E-state index contributed by atoms with van der Waals surface area (Å²) in [4.78, 5) is 2.69. The molecule has 0 bridgehead atoms. The molecular formula is C14H19IN2. The van der Waals surface area contributed by atoms with Crippen molar-refractivity contribution in [2.75, 3.05) is 26.2 Å². The average Bonchev–Trinajstić information content (AvgIpc) is 3.18. The molecule has 1 aliphatic heterocycles. The van der Waals surface area contributed by atoms with Crippen molar-refractivity contribution >= 4 is 22.6 Å². The van der Waals surface area contributed by atoms with Gasteiger partial charge in [-0.1, -0.05) is 18.2 Å². The zero-order valence-electron chi connectivity index (χ0n) is 10.0. The normalized spacial score (nSPS) is 23.6. The number of halogens is 1. The van der Waals surface area contributed by atoms with Crippen molar-refractivity contribution < 1.29 is 0 Å². The van der Waals surface area contributed by atoms with E-state index in [2.05, 4.69) is 57.1 Å². The molecule has 0 spiro atoms. The molecule has 0 amide bonds. The Kier molecular flexibility index (Phi) is 3.68. The van der Waals surface area contributed by atoms with Crippen LogP contribution < -0.4 is 5.32 Å². The fourth-order valence-electron chi connectivity index (χ4n) is 2.84. The number of piperazine rings is 1. The van der Waals surface area contributed by atoms with E-state index in [9.17, 15) is 0 Å². The standard InChI is InChI=1S/C14H19IN2/c15-13-4-2-1-3-12(13)14(11-5-6-11)17-9-7-16-8-10-17/h1-4,11,14,16H,5-10H2/t14-/m1/s1. The lowest BCUT2D eigenvalue weighted by atomic mass is 10.00. The summed E-state index contributed by atoms with van der Waals surface area (Å²) in [5.41, 5.74) is 1.55. The minimum absolute atomic E-state index is 0.671. The molecule has 3 rings (SSSR count). The van der Waals surface area contributed by atoms with Crippen LogP contribution in [-0.2, 0) is 0 Å². The van der Waals surface area contributed by atoms with E-state index < -0.39 is 0 Å². The van der Waals surface area contributed by atoms with Gasteiger partial charge in [-0.2, -0.15) is 0 Å². The molecule has 2 fully saturated rings. The molecule has 1 atom stereocenters. The van der Waals surface area contributed by atoms with E-state index in [1.807, 2.05) is 0 Å². The van der Waals surface area contributed by atoms with E-state index >= 15 is 0 Å². The van der Waals surface area contributed by atoms with Crippen LogP contribution in [0.15, 0.2) is 24.3 Å². The molecule has 2 nitrogen and oxygen atoms in total. The molecule has 1 heterocycles. The Morgan fingerprint density at radius 3 is 2.53 bits per heavy atom. The summed E-state index contributed by atoms with van der Waals surface area (Å²) in [6, 6.07) is 9.58. The van der Waals surface area contributed by atoms with E-state index in [0.29, 0.717) is 6.04 Å². The van der Waals surface area contributed by atoms with Crippen LogP contribution in [-0.4, -0.2) is 31.1 Å². The summed E-state index contributed by atoms with van der Waals surface area (Å²) in [5.74, 6) is 0.906. The van der Waals surface area contributed by atoms with E-state index in [-0.39, 0.29) is 0 Å². The third-order valence-corrected chi connectivity index (χ3v) is 4.82. The topological polar surface area (TPSA) is 15.3 Å². The Hall–Kier alpha value is -0.130. The van der Waals surface area contributed by atoms with Crippen LogP contribution in [0.3, 0.4) is 0 Å². The van der Waals surface area contributed by atoms with Crippen LogP contribution in [0, 0.1) is 9.49 Å². The SMILES string of the molecule is Ic1ccccc1[C@@H](C1CC1)N1CCNCC1. The molecule has 0 unspecified atom stereocenters. The molecule has 1 saturated carbocycles. The van der Waals surface area contributed by atoms with Gasteiger partial charge >= 0.3 is 0 Å². The van der Waals surface area contributed by atoms with Crippen LogP contribution in [0.4, 0.5) is 0 Å². The molecular weight excluding hydrogens is 323 g/mol. The molecule has 1 N–H and O–H groups in total. The highest BCUT2D eigenvalue weighted by molar-refractivity contribution is 14.1. The second-order valence-corrected chi connectivity index (χ2v) is 6.25. The largest absolute Gasteiger partial charge is 0.314 e. The van der Waals surface area contributed by atoms with Gasteiger partial charge in [-0.15, -0.1) is 0 Å². The highest BCUT2D eigenvalue weighted by Crippen LogP contribution is 2.45. The van der Waals surface area contributed by atoms with Crippen molar-refractivity contribution in [2.45, 2.75) is 18.9 Å². The van der Waals surface area contributed by atoms with Gasteiger partial charge in [-0.3, -0.25) is 4.90 Å². The maximum Gasteiger partial charge on any atom is 0.0387 e. The number of nitrogens with zero attached hydrogens (tertiary/aromatic N) is 1. The number of hydrogen-bond donors (Lipinski definition) is 1. The Labute approximate surface area is 117 Å². The van der Waals surface area contributed by atoms with Gasteiger partial charge in [0.1, 0.15) is 0 Å². The smallest absolute Gasteiger partial charge is 0.0387 e. The van der Waals surface area contributed by atoms with Crippen molar-refractivity contribution in [3.8, 4) is 0 Å². The van der Waals surface area contributed by atoms with Gasteiger partial charge < -0.3 is 5.32 Å². The maximum atomic E-state index is 3.45. The summed E-state index contributed by atoms with van der Waals surface area (Å²) in [6.45, 7) is 4.69. The summed E-state index contributed by atoms with van der Waals surface area (Å²) in [7, 11) is 0. The Balaban J connectivity index is 1.86. The van der Waals surface area contributed by atoms with Gasteiger partial charge in [-0.05, 0) is 53.0 Å². The van der Waals surface area contributed by atoms with E-state index in [1.54, 1.807) is 5.56 Å². The van der Waals surface area contributed by atoms with Crippen molar-refractivity contribution in [1.29, 1.82) is 0 Å². The maximum absolute atomic E-state index is 3.45. The van der Waals surface area contributed by atoms with Crippen LogP contribution in [0.2, 0.25) is 0 Å². The predicted molar refractivity (Wildman–Crippen MR) is 79.1 cm³/mol. The van der Waals surface area contributed by atoms with Crippen LogP contribution in [0.5, 0.6) is 0 Å². The first-order chi connectivity index (χ1) is 8.36. The Morgan fingerprint density at radius 2 is 1.88 bits per heavy atom. The second-order valence-electron chi connectivity index (χ2n) is 5.09. The Morgan fingerprint density at radius 1 is 1.18 bits per heavy atom. The van der Waals surface area contributed by atoms with Crippen LogP contribution >= 0.6 is 22.6 Å². The number of benzene rings is 1. The van der Waals surface area contributed by atoms with Crippen molar-refractivity contribution in [3.63, 3.8) is 0 Å². The van der Waals surface area contributed by atoms with Gasteiger partial charge in [0.25, 0.3) is 0 Å². The fraction of sp³-hybridized carbons (Fsp3) is 0.571. The predicted octanol–water partition coefficient (Wildman–Crippen LogP) is 2.65. The first-order valence-electron chi connectivity index (χ1n) is 6.55. The quantitative estimate of drug-likeness (QED) is 0.850. The molecule has 0 aromatic heterocycles. The molecule has 92 valence electrons. The average molecular weight is 342 g/mol. The lowest BCUT2D eigenvalue weighted by Crippen LogP contribution is -2.45. The molecule has 2 aliphatic rings. The minimum Gasteiger partial charge on any atom is -0.314 e. The van der Waals surface area contributed by atoms with E-state index in [4.69, 9.17) is 0 Å². The summed E-state index contributed by atoms with van der Waals surface area (Å²) >= 11 is 2.49. The highest BCUT2D eigenvalue weighted by atomic mass is 127. The number of rotatable bonds is 3. The monoisotopic (exact) mass is 342 g/mol. The fourth-order valence-corrected chi connectivity index (χ4v) is 3.54. The van der Waals surface area contributed by atoms with Gasteiger partial charge in [0.15, 0.2) is 0 Å². The third-order valence-electron chi connectivity index (χ3n) is 3.84. The van der Waals surface area contributed by atoms with E-state index in [1.165, 1.54) is 29.5 Å². The molecule has 0 radical (unpaired) electrons. The van der Waals surface area contributed by atoms with Crippen molar-refractivity contribution in [2.24, 2.45) is 5.92 Å². The highest BCUT2D eigenvalue weighted by Gasteiger charge is 2.37. The lowest BCUT2D eigenvalue weighted by Gasteiger charge is -2.36. The summed E-state index contributed by atoms with van der Waals surface area (Å²) in [5, 5.41) is 3.45. The molecule has 1 aromatic carbocycles. The van der Waals surface area contributed by atoms with Crippen LogP contribution in [0.25, 0.3) is 0 Å². The summed E-state index contributed by atoms with van der Waals surface area (Å²) < 4.78 is 1.43. The zero-order valence-corrected chi connectivity index (χ0v) is 12.2. The first kappa shape index (κ1) is 11.9.